The molecule has 3 aliphatic rings. The van der Waals surface area contributed by atoms with Gasteiger partial charge < -0.3 is 13.6 Å². The van der Waals surface area contributed by atoms with Crippen LogP contribution in [0.1, 0.15) is 100 Å². The Morgan fingerprint density at radius 2 is 1.44 bits per heavy atom. The summed E-state index contributed by atoms with van der Waals surface area (Å²) in [5.41, 5.74) is 4.43. The number of rotatable bonds is 7. The third kappa shape index (κ3) is 6.84. The molecule has 3 fully saturated rings. The predicted molar refractivity (Wildman–Crippen MR) is 172 cm³/mol. The molecule has 3 aliphatic carbocycles. The summed E-state index contributed by atoms with van der Waals surface area (Å²) in [7, 11) is -3.94. The van der Waals surface area contributed by atoms with Crippen LogP contribution >= 0.6 is 0 Å². The van der Waals surface area contributed by atoms with Crippen molar-refractivity contribution in [2.45, 2.75) is 149 Å². The van der Waals surface area contributed by atoms with Gasteiger partial charge in [-0.05, 0) is 104 Å². The fourth-order valence-electron chi connectivity index (χ4n) is 6.93. The summed E-state index contributed by atoms with van der Waals surface area (Å²) in [6.45, 7) is 32.5. The number of fused-ring (bicyclic) bond motifs is 1. The van der Waals surface area contributed by atoms with E-state index in [-0.39, 0.29) is 33.6 Å². The van der Waals surface area contributed by atoms with Crippen molar-refractivity contribution in [1.29, 1.82) is 0 Å². The zero-order valence-electron chi connectivity index (χ0n) is 27.5. The van der Waals surface area contributed by atoms with E-state index >= 15 is 0 Å². The molecule has 0 aliphatic heterocycles. The van der Waals surface area contributed by atoms with Gasteiger partial charge in [0.05, 0.1) is 12.2 Å². The zero-order chi connectivity index (χ0) is 29.6. The maximum atomic E-state index is 11.7. The Morgan fingerprint density at radius 3 is 1.90 bits per heavy atom. The molecule has 0 aromatic heterocycles. The quantitative estimate of drug-likeness (QED) is 0.173. The fourth-order valence-corrected chi connectivity index (χ4v) is 9.53. The molecule has 6 atom stereocenters. The average Bonchev–Trinajstić information content (AvgIpc) is 3.15. The first-order valence-electron chi connectivity index (χ1n) is 15.6. The Morgan fingerprint density at radius 1 is 0.923 bits per heavy atom. The first-order valence-corrected chi connectivity index (χ1v) is 21.4. The first kappa shape index (κ1) is 32.8. The second-order valence-corrected chi connectivity index (χ2v) is 25.9. The van der Waals surface area contributed by atoms with E-state index in [0.717, 1.165) is 18.4 Å². The van der Waals surface area contributed by atoms with Crippen LogP contribution < -0.4 is 0 Å². The molecule has 3 rings (SSSR count). The molecule has 3 nitrogen and oxygen atoms in total. The highest BCUT2D eigenvalue weighted by atomic mass is 28.4. The molecule has 0 aromatic rings. The summed E-state index contributed by atoms with van der Waals surface area (Å²) in [6, 6.07) is 0. The molecule has 0 aromatic carbocycles. The van der Waals surface area contributed by atoms with E-state index in [1.54, 1.807) is 5.57 Å². The van der Waals surface area contributed by atoms with Gasteiger partial charge in [-0.2, -0.15) is 0 Å². The van der Waals surface area contributed by atoms with Crippen molar-refractivity contribution in [2.75, 3.05) is 0 Å². The van der Waals surface area contributed by atoms with E-state index in [4.69, 9.17) is 8.85 Å². The van der Waals surface area contributed by atoms with Crippen molar-refractivity contribution in [3.63, 3.8) is 0 Å². The monoisotopic (exact) mass is 572 g/mol. The number of carbonyl (C=O) groups excluding carboxylic acids is 1. The largest absolute Gasteiger partial charge is 0.410 e. The molecule has 39 heavy (non-hydrogen) atoms. The van der Waals surface area contributed by atoms with Crippen molar-refractivity contribution >= 4 is 22.9 Å². The van der Waals surface area contributed by atoms with Crippen LogP contribution in [0.4, 0.5) is 0 Å². The Hall–Kier alpha value is -0.756. The number of aldehydes is 1. The molecule has 0 heterocycles. The Kier molecular flexibility index (Phi) is 9.65. The first-order chi connectivity index (χ1) is 17.7. The standard InChI is InChI=1S/C34H60O3Si2/c1-24(23-35)28-18-19-29-27(15-14-20-34(28,29)9)17-16-26-21-30(36-38(10,11)32(3,4)5)25(2)31(22-26)37-39(12,13)33(6,7)8/h16-17,23-24,28-31H,2,14-15,18-22H2,1,3-13H3/b27-17+/t24-,28?,29?,30-,31-,34-/m1/s1. The van der Waals surface area contributed by atoms with Gasteiger partial charge in [-0.25, -0.2) is 0 Å². The lowest BCUT2D eigenvalue weighted by Crippen LogP contribution is -2.49. The SMILES string of the molecule is C=C1[C@H](O[Si](C)(C)C(C)(C)C)CC(=C/C=C2\CCC[C@@]3(C)C2CCC3[C@H](C)C=O)C[C@H]1O[Si](C)(C)C(C)(C)C. The minimum atomic E-state index is -1.97. The summed E-state index contributed by atoms with van der Waals surface area (Å²) in [6.07, 6.45) is 14.0. The van der Waals surface area contributed by atoms with Crippen molar-refractivity contribution in [3.8, 4) is 0 Å². The lowest BCUT2D eigenvalue weighted by Gasteiger charge is -2.46. The van der Waals surface area contributed by atoms with Crippen LogP contribution in [-0.4, -0.2) is 35.1 Å². The second kappa shape index (κ2) is 11.5. The highest BCUT2D eigenvalue weighted by Gasteiger charge is 2.51. The second-order valence-electron chi connectivity index (χ2n) is 16.4. The molecule has 5 heteroatoms. The van der Waals surface area contributed by atoms with Crippen molar-refractivity contribution in [3.05, 3.63) is 35.5 Å². The smallest absolute Gasteiger partial charge is 0.192 e. The van der Waals surface area contributed by atoms with Crippen molar-refractivity contribution in [2.24, 2.45) is 23.2 Å². The molecule has 0 spiro atoms. The molecule has 0 saturated heterocycles. The molecular weight excluding hydrogens is 513 g/mol. The summed E-state index contributed by atoms with van der Waals surface area (Å²) < 4.78 is 14.1. The summed E-state index contributed by atoms with van der Waals surface area (Å²) in [5, 5.41) is 0.299. The van der Waals surface area contributed by atoms with Gasteiger partial charge in [-0.3, -0.25) is 0 Å². The molecular formula is C34H60O3Si2. The van der Waals surface area contributed by atoms with Gasteiger partial charge in [0.15, 0.2) is 16.6 Å². The van der Waals surface area contributed by atoms with Crippen molar-refractivity contribution < 1.29 is 13.6 Å². The van der Waals surface area contributed by atoms with Gasteiger partial charge in [-0.1, -0.05) is 85.3 Å². The van der Waals surface area contributed by atoms with Crippen LogP contribution in [0.5, 0.6) is 0 Å². The number of hydrogen-bond donors (Lipinski definition) is 0. The van der Waals surface area contributed by atoms with Crippen LogP contribution in [0.25, 0.3) is 0 Å². The summed E-state index contributed by atoms with van der Waals surface area (Å²) in [5.74, 6) is 1.27. The highest BCUT2D eigenvalue weighted by Crippen LogP contribution is 2.59. The number of carbonyl (C=O) groups is 1. The van der Waals surface area contributed by atoms with E-state index < -0.39 is 16.6 Å². The highest BCUT2D eigenvalue weighted by molar-refractivity contribution is 6.74. The minimum Gasteiger partial charge on any atom is -0.410 e. The third-order valence-corrected chi connectivity index (χ3v) is 20.6. The summed E-state index contributed by atoms with van der Waals surface area (Å²) in [4.78, 5) is 11.7. The number of allylic oxidation sites excluding steroid dienone is 3. The molecule has 0 radical (unpaired) electrons. The van der Waals surface area contributed by atoms with Gasteiger partial charge in [0.25, 0.3) is 0 Å². The van der Waals surface area contributed by atoms with E-state index in [0.29, 0.717) is 11.8 Å². The number of hydrogen-bond acceptors (Lipinski definition) is 3. The van der Waals surface area contributed by atoms with Crippen LogP contribution in [0.3, 0.4) is 0 Å². The Balaban J connectivity index is 1.92. The maximum Gasteiger partial charge on any atom is 0.192 e. The normalized spacial score (nSPS) is 32.8. The lowest BCUT2D eigenvalue weighted by molar-refractivity contribution is -0.113. The third-order valence-electron chi connectivity index (χ3n) is 11.6. The lowest BCUT2D eigenvalue weighted by atomic mass is 9.61. The predicted octanol–water partition coefficient (Wildman–Crippen LogP) is 10.0. The van der Waals surface area contributed by atoms with E-state index in [1.807, 2.05) is 0 Å². The van der Waals surface area contributed by atoms with Crippen LogP contribution in [0, 0.1) is 23.2 Å². The fraction of sp³-hybridized carbons (Fsp3) is 0.794. The van der Waals surface area contributed by atoms with Gasteiger partial charge in [0, 0.05) is 5.92 Å². The molecule has 222 valence electrons. The van der Waals surface area contributed by atoms with Gasteiger partial charge in [0.2, 0.25) is 0 Å². The zero-order valence-corrected chi connectivity index (χ0v) is 29.5. The van der Waals surface area contributed by atoms with Crippen molar-refractivity contribution in [1.82, 2.24) is 0 Å². The molecule has 0 bridgehead atoms. The Labute approximate surface area is 243 Å². The van der Waals surface area contributed by atoms with Gasteiger partial charge in [0.1, 0.15) is 6.29 Å². The molecule has 0 N–H and O–H groups in total. The minimum absolute atomic E-state index is 0.0139. The topological polar surface area (TPSA) is 35.5 Å². The van der Waals surface area contributed by atoms with Gasteiger partial charge >= 0.3 is 0 Å². The molecule has 3 saturated carbocycles. The Bertz CT molecular complexity index is 935. The molecule has 0 amide bonds. The van der Waals surface area contributed by atoms with Crippen LogP contribution in [0.15, 0.2) is 35.5 Å². The van der Waals surface area contributed by atoms with Crippen LogP contribution in [-0.2, 0) is 13.6 Å². The van der Waals surface area contributed by atoms with E-state index in [1.165, 1.54) is 44.0 Å². The van der Waals surface area contributed by atoms with E-state index in [9.17, 15) is 4.79 Å². The maximum absolute atomic E-state index is 11.7. The van der Waals surface area contributed by atoms with E-state index in [2.05, 4.69) is 100 Å². The van der Waals surface area contributed by atoms with Gasteiger partial charge in [-0.15, -0.1) is 0 Å². The summed E-state index contributed by atoms with van der Waals surface area (Å²) >= 11 is 0. The average molecular weight is 573 g/mol. The van der Waals surface area contributed by atoms with Crippen LogP contribution in [0.2, 0.25) is 36.3 Å². The molecule has 2 unspecified atom stereocenters.